The molecule has 0 aliphatic rings. The molecule has 0 N–H and O–H groups in total. The van der Waals surface area contributed by atoms with Gasteiger partial charge in [-0.25, -0.2) is 0 Å². The number of thiocarbonyl (C=S) groups is 1. The molecule has 1 aromatic rings. The van der Waals surface area contributed by atoms with E-state index < -0.39 is 8.07 Å². The van der Waals surface area contributed by atoms with Gasteiger partial charge >= 0.3 is 0 Å². The second kappa shape index (κ2) is 8.29. The Bertz CT molecular complexity index is 516. The Morgan fingerprint density at radius 3 is 1.96 bits per heavy atom. The maximum Gasteiger partial charge on any atom is 0.194 e. The van der Waals surface area contributed by atoms with Crippen molar-refractivity contribution >= 4 is 30.5 Å². The minimum atomic E-state index is -1.81. The second-order valence-electron chi connectivity index (χ2n) is 7.00. The maximum absolute atomic E-state index is 5.87. The molecular weight excluding hydrogens is 320 g/mol. The molecule has 0 fully saturated rings. The van der Waals surface area contributed by atoms with Crippen LogP contribution in [0.2, 0.25) is 16.6 Å². The van der Waals surface area contributed by atoms with E-state index in [-0.39, 0.29) is 0 Å². The summed E-state index contributed by atoms with van der Waals surface area (Å²) in [5, 5.41) is 1.91. The number of hydrogen-bond donors (Lipinski definition) is 0. The molecule has 0 bridgehead atoms. The standard InChI is InChI=1S/C19H32O2SSi/c1-9-21-19(22)16-11-10-12-17(18(16)20-8)23(13(2)3,14(4)5)15(6)7/h10-15H,9H2,1-8H3. The van der Waals surface area contributed by atoms with Crippen LogP contribution < -0.4 is 9.92 Å². The summed E-state index contributed by atoms with van der Waals surface area (Å²) in [6, 6.07) is 6.37. The van der Waals surface area contributed by atoms with Crippen molar-refractivity contribution in [2.24, 2.45) is 0 Å². The minimum absolute atomic E-state index is 0.533. The number of ether oxygens (including phenoxy) is 2. The van der Waals surface area contributed by atoms with E-state index in [0.29, 0.717) is 28.3 Å². The van der Waals surface area contributed by atoms with Crippen molar-refractivity contribution in [1.82, 2.24) is 0 Å². The molecular formula is C19H32O2SSi. The maximum atomic E-state index is 5.87. The van der Waals surface area contributed by atoms with Crippen LogP contribution in [0.5, 0.6) is 5.75 Å². The summed E-state index contributed by atoms with van der Waals surface area (Å²) >= 11 is 5.47. The zero-order chi connectivity index (χ0) is 17.8. The summed E-state index contributed by atoms with van der Waals surface area (Å²) in [6.45, 7) is 16.7. The number of para-hydroxylation sites is 1. The van der Waals surface area contributed by atoms with Gasteiger partial charge in [0.1, 0.15) is 5.75 Å². The Morgan fingerprint density at radius 1 is 1.04 bits per heavy atom. The van der Waals surface area contributed by atoms with E-state index in [4.69, 9.17) is 21.7 Å². The van der Waals surface area contributed by atoms with Gasteiger partial charge in [-0.15, -0.1) is 0 Å². The van der Waals surface area contributed by atoms with Crippen LogP contribution in [0.4, 0.5) is 0 Å². The molecule has 0 atom stereocenters. The summed E-state index contributed by atoms with van der Waals surface area (Å²) < 4.78 is 11.5. The van der Waals surface area contributed by atoms with Gasteiger partial charge in [0.25, 0.3) is 0 Å². The van der Waals surface area contributed by atoms with Gasteiger partial charge in [-0.3, -0.25) is 0 Å². The fraction of sp³-hybridized carbons (Fsp3) is 0.632. The van der Waals surface area contributed by atoms with Gasteiger partial charge in [0.05, 0.1) is 27.4 Å². The first-order chi connectivity index (χ1) is 10.7. The monoisotopic (exact) mass is 352 g/mol. The van der Waals surface area contributed by atoms with E-state index in [1.54, 1.807) is 7.11 Å². The average Bonchev–Trinajstić information content (AvgIpc) is 2.46. The molecule has 2 nitrogen and oxygen atoms in total. The van der Waals surface area contributed by atoms with E-state index >= 15 is 0 Å². The van der Waals surface area contributed by atoms with Gasteiger partial charge in [0.15, 0.2) is 5.05 Å². The summed E-state index contributed by atoms with van der Waals surface area (Å²) in [5.41, 5.74) is 2.77. The second-order valence-corrected chi connectivity index (χ2v) is 13.2. The molecule has 0 spiro atoms. The predicted octanol–water partition coefficient (Wildman–Crippen LogP) is 5.29. The third-order valence-corrected chi connectivity index (χ3v) is 12.4. The zero-order valence-corrected chi connectivity index (χ0v) is 17.7. The average molecular weight is 353 g/mol. The van der Waals surface area contributed by atoms with Crippen LogP contribution in [-0.2, 0) is 4.74 Å². The summed E-state index contributed by atoms with van der Waals surface area (Å²) in [4.78, 5) is 0. The van der Waals surface area contributed by atoms with Crippen LogP contribution in [0.1, 0.15) is 54.0 Å². The molecule has 0 saturated carbocycles. The quantitative estimate of drug-likeness (QED) is 0.490. The van der Waals surface area contributed by atoms with Gasteiger partial charge < -0.3 is 9.47 Å². The molecule has 1 aromatic carbocycles. The van der Waals surface area contributed by atoms with E-state index in [2.05, 4.69) is 53.7 Å². The first-order valence-corrected chi connectivity index (χ1v) is 11.2. The van der Waals surface area contributed by atoms with Crippen LogP contribution in [0, 0.1) is 0 Å². The van der Waals surface area contributed by atoms with Crippen LogP contribution >= 0.6 is 12.2 Å². The number of rotatable bonds is 7. The Labute approximate surface area is 148 Å². The largest absolute Gasteiger partial charge is 0.496 e. The van der Waals surface area contributed by atoms with Crippen molar-refractivity contribution in [2.75, 3.05) is 13.7 Å². The lowest BCUT2D eigenvalue weighted by Crippen LogP contribution is -2.56. The van der Waals surface area contributed by atoms with Crippen molar-refractivity contribution in [3.8, 4) is 5.75 Å². The van der Waals surface area contributed by atoms with E-state index in [0.717, 1.165) is 11.3 Å². The summed E-state index contributed by atoms with van der Waals surface area (Å²) in [5.74, 6) is 0.925. The fourth-order valence-corrected chi connectivity index (χ4v) is 11.6. The van der Waals surface area contributed by atoms with Gasteiger partial charge in [0, 0.05) is 0 Å². The van der Waals surface area contributed by atoms with E-state index in [9.17, 15) is 0 Å². The van der Waals surface area contributed by atoms with Crippen molar-refractivity contribution < 1.29 is 9.47 Å². The molecule has 130 valence electrons. The SMILES string of the molecule is CCOC(=S)c1cccc([Si](C(C)C)(C(C)C)C(C)C)c1OC. The normalized spacial score (nSPS) is 12.1. The lowest BCUT2D eigenvalue weighted by molar-refractivity contribution is 0.335. The smallest absolute Gasteiger partial charge is 0.194 e. The van der Waals surface area contributed by atoms with Crippen LogP contribution in [-0.4, -0.2) is 26.8 Å². The van der Waals surface area contributed by atoms with Gasteiger partial charge in [-0.2, -0.15) is 0 Å². The van der Waals surface area contributed by atoms with Crippen LogP contribution in [0.15, 0.2) is 18.2 Å². The molecule has 4 heteroatoms. The first kappa shape index (κ1) is 20.2. The zero-order valence-electron chi connectivity index (χ0n) is 15.9. The topological polar surface area (TPSA) is 18.5 Å². The number of methoxy groups -OCH3 is 1. The summed E-state index contributed by atoms with van der Waals surface area (Å²) in [6.07, 6.45) is 0. The lowest BCUT2D eigenvalue weighted by atomic mass is 10.2. The van der Waals surface area contributed by atoms with Crippen LogP contribution in [0.25, 0.3) is 0 Å². The third-order valence-electron chi connectivity index (χ3n) is 5.05. The highest BCUT2D eigenvalue weighted by Crippen LogP contribution is 2.43. The highest BCUT2D eigenvalue weighted by atomic mass is 32.1. The molecule has 0 amide bonds. The molecule has 0 radical (unpaired) electrons. The van der Waals surface area contributed by atoms with Gasteiger partial charge in [-0.05, 0) is 47.0 Å². The Morgan fingerprint density at radius 2 is 1.57 bits per heavy atom. The molecule has 0 heterocycles. The summed E-state index contributed by atoms with van der Waals surface area (Å²) in [7, 11) is -0.0626. The highest BCUT2D eigenvalue weighted by Gasteiger charge is 2.46. The Kier molecular flexibility index (Phi) is 7.27. The molecule has 1 rings (SSSR count). The predicted molar refractivity (Wildman–Crippen MR) is 107 cm³/mol. The molecule has 0 aliphatic heterocycles. The molecule has 0 aromatic heterocycles. The molecule has 23 heavy (non-hydrogen) atoms. The van der Waals surface area contributed by atoms with Gasteiger partial charge in [-0.1, -0.05) is 53.7 Å². The fourth-order valence-electron chi connectivity index (χ4n) is 4.40. The van der Waals surface area contributed by atoms with E-state index in [1.807, 2.05) is 13.0 Å². The number of hydrogen-bond acceptors (Lipinski definition) is 3. The highest BCUT2D eigenvalue weighted by molar-refractivity contribution is 7.80. The van der Waals surface area contributed by atoms with Crippen molar-refractivity contribution in [3.05, 3.63) is 23.8 Å². The lowest BCUT2D eigenvalue weighted by Gasteiger charge is -2.44. The molecule has 0 saturated heterocycles. The van der Waals surface area contributed by atoms with Crippen molar-refractivity contribution in [1.29, 1.82) is 0 Å². The Balaban J connectivity index is 3.68. The minimum Gasteiger partial charge on any atom is -0.496 e. The van der Waals surface area contributed by atoms with E-state index in [1.165, 1.54) is 5.19 Å². The van der Waals surface area contributed by atoms with Crippen molar-refractivity contribution in [3.63, 3.8) is 0 Å². The molecule has 0 aliphatic carbocycles. The number of benzene rings is 1. The third kappa shape index (κ3) is 3.63. The van der Waals surface area contributed by atoms with Crippen LogP contribution in [0.3, 0.4) is 0 Å². The van der Waals surface area contributed by atoms with Crippen molar-refractivity contribution in [2.45, 2.75) is 65.1 Å². The Hall–Kier alpha value is -0.873. The van der Waals surface area contributed by atoms with Gasteiger partial charge in [0.2, 0.25) is 0 Å². The molecule has 0 unspecified atom stereocenters. The first-order valence-electron chi connectivity index (χ1n) is 8.59.